The van der Waals surface area contributed by atoms with Crippen LogP contribution >= 0.6 is 0 Å². The summed E-state index contributed by atoms with van der Waals surface area (Å²) >= 11 is 0. The van der Waals surface area contributed by atoms with Gasteiger partial charge in [0.2, 0.25) is 0 Å². The highest BCUT2D eigenvalue weighted by molar-refractivity contribution is 7.92. The van der Waals surface area contributed by atoms with Crippen LogP contribution in [0.3, 0.4) is 0 Å². The van der Waals surface area contributed by atoms with E-state index in [4.69, 9.17) is 5.73 Å². The topological polar surface area (TPSA) is 60.2 Å². The molecule has 2 unspecified atom stereocenters. The van der Waals surface area contributed by atoms with Gasteiger partial charge in [0.15, 0.2) is 9.84 Å². The molecule has 1 aliphatic rings. The molecule has 90 valence electrons. The van der Waals surface area contributed by atoms with Gasteiger partial charge in [0.05, 0.1) is 11.0 Å². The van der Waals surface area contributed by atoms with Gasteiger partial charge in [-0.15, -0.1) is 0 Å². The lowest BCUT2D eigenvalue weighted by Gasteiger charge is -2.17. The highest BCUT2D eigenvalue weighted by Gasteiger charge is 2.27. The molecule has 2 N–H and O–H groups in total. The Labute approximate surface area is 93.3 Å². The first-order valence-corrected chi connectivity index (χ1v) is 7.60. The van der Waals surface area contributed by atoms with E-state index in [0.717, 1.165) is 12.8 Å². The first-order valence-electron chi connectivity index (χ1n) is 5.89. The minimum Gasteiger partial charge on any atom is -0.328 e. The number of hydrogen-bond acceptors (Lipinski definition) is 3. The summed E-state index contributed by atoms with van der Waals surface area (Å²) < 4.78 is 23.9. The summed E-state index contributed by atoms with van der Waals surface area (Å²) in [5, 5.41) is -0.280. The second-order valence-corrected chi connectivity index (χ2v) is 7.47. The summed E-state index contributed by atoms with van der Waals surface area (Å²) in [6, 6.07) is -0.0293. The van der Waals surface area contributed by atoms with Crippen molar-refractivity contribution in [1.82, 2.24) is 0 Å². The molecule has 0 saturated heterocycles. The van der Waals surface area contributed by atoms with Crippen LogP contribution in [0.15, 0.2) is 0 Å². The normalized spacial score (nSPS) is 22.9. The standard InChI is InChI=1S/C11H23NO2S/c1-9(12)7-10(2)15(13,14)8-11-5-3-4-6-11/h9-11H,3-8,12H2,1-2H3. The largest absolute Gasteiger partial charge is 0.328 e. The van der Waals surface area contributed by atoms with Crippen molar-refractivity contribution in [2.75, 3.05) is 5.75 Å². The van der Waals surface area contributed by atoms with Crippen LogP contribution in [-0.2, 0) is 9.84 Å². The first-order chi connectivity index (χ1) is 6.92. The van der Waals surface area contributed by atoms with Crippen LogP contribution in [0.5, 0.6) is 0 Å². The van der Waals surface area contributed by atoms with Gasteiger partial charge in [0.25, 0.3) is 0 Å². The van der Waals surface area contributed by atoms with Crippen LogP contribution in [0.25, 0.3) is 0 Å². The Morgan fingerprint density at radius 3 is 2.27 bits per heavy atom. The molecule has 0 aromatic carbocycles. The summed E-state index contributed by atoms with van der Waals surface area (Å²) in [4.78, 5) is 0. The maximum absolute atomic E-state index is 12.0. The molecule has 1 fully saturated rings. The zero-order chi connectivity index (χ0) is 11.5. The van der Waals surface area contributed by atoms with Crippen molar-refractivity contribution in [2.24, 2.45) is 11.7 Å². The van der Waals surface area contributed by atoms with E-state index in [1.165, 1.54) is 12.8 Å². The zero-order valence-electron chi connectivity index (χ0n) is 9.78. The molecule has 0 heterocycles. The number of rotatable bonds is 5. The molecule has 0 radical (unpaired) electrons. The molecule has 0 aromatic rings. The number of sulfone groups is 1. The fourth-order valence-corrected chi connectivity index (χ4v) is 4.26. The molecule has 4 heteroatoms. The van der Waals surface area contributed by atoms with Crippen LogP contribution in [0.4, 0.5) is 0 Å². The molecule has 0 amide bonds. The summed E-state index contributed by atoms with van der Waals surface area (Å²) in [5.74, 6) is 0.784. The Morgan fingerprint density at radius 2 is 1.80 bits per heavy atom. The van der Waals surface area contributed by atoms with Crippen molar-refractivity contribution in [2.45, 2.75) is 57.2 Å². The number of nitrogens with two attached hydrogens (primary N) is 1. The fraction of sp³-hybridized carbons (Fsp3) is 1.00. The van der Waals surface area contributed by atoms with Crippen molar-refractivity contribution in [3.8, 4) is 0 Å². The van der Waals surface area contributed by atoms with Gasteiger partial charge in [-0.25, -0.2) is 8.42 Å². The highest BCUT2D eigenvalue weighted by atomic mass is 32.2. The van der Waals surface area contributed by atoms with E-state index in [1.807, 2.05) is 6.92 Å². The lowest BCUT2D eigenvalue weighted by molar-refractivity contribution is 0.536. The van der Waals surface area contributed by atoms with Crippen molar-refractivity contribution in [1.29, 1.82) is 0 Å². The molecular formula is C11H23NO2S. The molecular weight excluding hydrogens is 210 g/mol. The Morgan fingerprint density at radius 1 is 1.27 bits per heavy atom. The molecule has 1 aliphatic carbocycles. The van der Waals surface area contributed by atoms with Gasteiger partial charge < -0.3 is 5.73 Å². The van der Waals surface area contributed by atoms with E-state index in [2.05, 4.69) is 0 Å². The quantitative estimate of drug-likeness (QED) is 0.786. The molecule has 1 rings (SSSR count). The zero-order valence-corrected chi connectivity index (χ0v) is 10.6. The lowest BCUT2D eigenvalue weighted by Crippen LogP contribution is -2.30. The van der Waals surface area contributed by atoms with E-state index >= 15 is 0 Å². The second kappa shape index (κ2) is 5.30. The Hall–Kier alpha value is -0.0900. The summed E-state index contributed by atoms with van der Waals surface area (Å²) in [6.45, 7) is 3.65. The van der Waals surface area contributed by atoms with Gasteiger partial charge in [0.1, 0.15) is 0 Å². The summed E-state index contributed by atoms with van der Waals surface area (Å²) in [5.41, 5.74) is 5.63. The number of hydrogen-bond donors (Lipinski definition) is 1. The molecule has 0 bridgehead atoms. The van der Waals surface area contributed by atoms with E-state index in [-0.39, 0.29) is 11.3 Å². The average Bonchev–Trinajstić information content (AvgIpc) is 2.54. The van der Waals surface area contributed by atoms with Crippen LogP contribution < -0.4 is 5.73 Å². The molecule has 2 atom stereocenters. The Bertz CT molecular complexity index is 279. The summed E-state index contributed by atoms with van der Waals surface area (Å²) in [7, 11) is -2.92. The second-order valence-electron chi connectivity index (χ2n) is 5.00. The molecule has 3 nitrogen and oxygen atoms in total. The van der Waals surface area contributed by atoms with Crippen molar-refractivity contribution in [3.63, 3.8) is 0 Å². The lowest BCUT2D eigenvalue weighted by atomic mass is 10.1. The van der Waals surface area contributed by atoms with E-state index in [9.17, 15) is 8.42 Å². The minimum atomic E-state index is -2.92. The van der Waals surface area contributed by atoms with Gasteiger partial charge in [-0.3, -0.25) is 0 Å². The third-order valence-corrected chi connectivity index (χ3v) is 5.61. The van der Waals surface area contributed by atoms with Crippen molar-refractivity contribution in [3.05, 3.63) is 0 Å². The Balaban J connectivity index is 2.49. The van der Waals surface area contributed by atoms with Gasteiger partial charge in [-0.1, -0.05) is 12.8 Å². The van der Waals surface area contributed by atoms with Crippen LogP contribution in [0.2, 0.25) is 0 Å². The minimum absolute atomic E-state index is 0.0293. The molecule has 1 saturated carbocycles. The van der Waals surface area contributed by atoms with Crippen LogP contribution in [0.1, 0.15) is 46.0 Å². The SMILES string of the molecule is CC(N)CC(C)S(=O)(=O)CC1CCCC1. The molecule has 0 aliphatic heterocycles. The third kappa shape index (κ3) is 4.11. The van der Waals surface area contributed by atoms with Gasteiger partial charge in [-0.2, -0.15) is 0 Å². The van der Waals surface area contributed by atoms with Crippen molar-refractivity contribution >= 4 is 9.84 Å². The predicted octanol–water partition coefficient (Wildman–Crippen LogP) is 1.72. The Kier molecular flexibility index (Phi) is 4.59. The van der Waals surface area contributed by atoms with Crippen LogP contribution in [0, 0.1) is 5.92 Å². The van der Waals surface area contributed by atoms with Gasteiger partial charge in [-0.05, 0) is 39.0 Å². The predicted molar refractivity (Wildman–Crippen MR) is 63.5 cm³/mol. The van der Waals surface area contributed by atoms with Crippen LogP contribution in [-0.4, -0.2) is 25.5 Å². The van der Waals surface area contributed by atoms with Crippen molar-refractivity contribution < 1.29 is 8.42 Å². The van der Waals surface area contributed by atoms with Gasteiger partial charge >= 0.3 is 0 Å². The monoisotopic (exact) mass is 233 g/mol. The van der Waals surface area contributed by atoms with E-state index < -0.39 is 9.84 Å². The first kappa shape index (κ1) is 13.0. The maximum Gasteiger partial charge on any atom is 0.153 e. The molecule has 15 heavy (non-hydrogen) atoms. The van der Waals surface area contributed by atoms with E-state index in [0.29, 0.717) is 18.1 Å². The highest BCUT2D eigenvalue weighted by Crippen LogP contribution is 2.27. The fourth-order valence-electron chi connectivity index (χ4n) is 2.34. The molecule has 0 spiro atoms. The third-order valence-electron chi connectivity index (χ3n) is 3.26. The average molecular weight is 233 g/mol. The van der Waals surface area contributed by atoms with Gasteiger partial charge in [0, 0.05) is 6.04 Å². The maximum atomic E-state index is 12.0. The van der Waals surface area contributed by atoms with E-state index in [1.54, 1.807) is 6.92 Å². The molecule has 0 aromatic heterocycles. The summed E-state index contributed by atoms with van der Waals surface area (Å²) in [6.07, 6.45) is 5.15. The smallest absolute Gasteiger partial charge is 0.153 e.